The summed E-state index contributed by atoms with van der Waals surface area (Å²) in [6.45, 7) is 8.34. The zero-order valence-electron chi connectivity index (χ0n) is 12.5. The molecule has 0 spiro atoms. The van der Waals surface area contributed by atoms with Crippen molar-refractivity contribution in [2.45, 2.75) is 33.7 Å². The maximum absolute atomic E-state index is 11.0. The second kappa shape index (κ2) is 5.91. The number of carbonyl (C=O) groups is 1. The number of aryl methyl sites for hydroxylation is 4. The predicted octanol–water partition coefficient (Wildman–Crippen LogP) is 3.76. The second-order valence-electron chi connectivity index (χ2n) is 5.44. The number of hydrogen-bond acceptors (Lipinski definition) is 1. The van der Waals surface area contributed by atoms with Crippen molar-refractivity contribution in [2.75, 3.05) is 0 Å². The first-order chi connectivity index (χ1) is 9.52. The summed E-state index contributed by atoms with van der Waals surface area (Å²) >= 11 is 0. The van der Waals surface area contributed by atoms with E-state index in [2.05, 4.69) is 69.4 Å². The van der Waals surface area contributed by atoms with Crippen LogP contribution in [0.3, 0.4) is 0 Å². The Bertz CT molecular complexity index is 580. The van der Waals surface area contributed by atoms with Crippen molar-refractivity contribution in [3.05, 3.63) is 69.8 Å². The summed E-state index contributed by atoms with van der Waals surface area (Å²) in [7, 11) is 0. The molecule has 0 aliphatic heterocycles. The molecule has 0 saturated carbocycles. The normalized spacial score (nSPS) is 10.7. The van der Waals surface area contributed by atoms with Gasteiger partial charge in [-0.15, -0.1) is 0 Å². The highest BCUT2D eigenvalue weighted by atomic mass is 16.1. The van der Waals surface area contributed by atoms with Gasteiger partial charge in [-0.05, 0) is 49.9 Å². The van der Waals surface area contributed by atoms with Gasteiger partial charge in [0, 0.05) is 0 Å². The van der Waals surface area contributed by atoms with E-state index in [1.165, 1.54) is 22.3 Å². The molecule has 0 aliphatic rings. The fourth-order valence-corrected chi connectivity index (χ4v) is 2.71. The number of amides is 1. The third kappa shape index (κ3) is 2.90. The minimum atomic E-state index is -0.0892. The molecule has 20 heavy (non-hydrogen) atoms. The molecular formula is C18H21NO. The minimum Gasteiger partial charge on any atom is -0.348 e. The molecule has 0 atom stereocenters. The highest BCUT2D eigenvalue weighted by Crippen LogP contribution is 2.28. The summed E-state index contributed by atoms with van der Waals surface area (Å²) in [5.41, 5.74) is 7.16. The van der Waals surface area contributed by atoms with Gasteiger partial charge in [0.05, 0.1) is 6.04 Å². The van der Waals surface area contributed by atoms with Crippen molar-refractivity contribution < 1.29 is 4.79 Å². The lowest BCUT2D eigenvalue weighted by atomic mass is 9.91. The molecule has 0 heterocycles. The molecule has 0 aromatic heterocycles. The standard InChI is InChI=1S/C18H21NO/c1-12-5-7-16(14(3)9-12)18(19-11-20)17-8-6-13(2)10-15(17)4/h5-11,18H,1-4H3,(H,19,20). The van der Waals surface area contributed by atoms with Crippen LogP contribution in [0.4, 0.5) is 0 Å². The van der Waals surface area contributed by atoms with Crippen molar-refractivity contribution in [3.8, 4) is 0 Å². The molecule has 2 rings (SSSR count). The van der Waals surface area contributed by atoms with Crippen molar-refractivity contribution in [3.63, 3.8) is 0 Å². The molecule has 2 aromatic rings. The quantitative estimate of drug-likeness (QED) is 0.840. The second-order valence-corrected chi connectivity index (χ2v) is 5.44. The van der Waals surface area contributed by atoms with Crippen molar-refractivity contribution in [1.29, 1.82) is 0 Å². The molecule has 104 valence electrons. The average molecular weight is 267 g/mol. The third-order valence-electron chi connectivity index (χ3n) is 3.71. The zero-order valence-corrected chi connectivity index (χ0v) is 12.5. The smallest absolute Gasteiger partial charge is 0.207 e. The monoisotopic (exact) mass is 267 g/mol. The van der Waals surface area contributed by atoms with Crippen LogP contribution in [0.15, 0.2) is 36.4 Å². The molecule has 0 radical (unpaired) electrons. The van der Waals surface area contributed by atoms with Gasteiger partial charge >= 0.3 is 0 Å². The summed E-state index contributed by atoms with van der Waals surface area (Å²) < 4.78 is 0. The fourth-order valence-electron chi connectivity index (χ4n) is 2.71. The average Bonchev–Trinajstić information content (AvgIpc) is 2.37. The lowest BCUT2D eigenvalue weighted by Crippen LogP contribution is -2.22. The van der Waals surface area contributed by atoms with E-state index >= 15 is 0 Å². The van der Waals surface area contributed by atoms with E-state index in [1.807, 2.05) is 0 Å². The molecule has 2 nitrogen and oxygen atoms in total. The highest BCUT2D eigenvalue weighted by molar-refractivity contribution is 5.53. The minimum absolute atomic E-state index is 0.0892. The molecule has 1 N–H and O–H groups in total. The van der Waals surface area contributed by atoms with Crippen LogP contribution in [0.25, 0.3) is 0 Å². The van der Waals surface area contributed by atoms with Gasteiger partial charge in [0.15, 0.2) is 0 Å². The van der Waals surface area contributed by atoms with Crippen LogP contribution in [0.2, 0.25) is 0 Å². The topological polar surface area (TPSA) is 29.1 Å². The van der Waals surface area contributed by atoms with E-state index in [1.54, 1.807) is 0 Å². The van der Waals surface area contributed by atoms with Crippen LogP contribution >= 0.6 is 0 Å². The molecular weight excluding hydrogens is 246 g/mol. The van der Waals surface area contributed by atoms with Gasteiger partial charge < -0.3 is 5.32 Å². The molecule has 0 bridgehead atoms. The van der Waals surface area contributed by atoms with E-state index in [0.717, 1.165) is 17.5 Å². The Morgan fingerprint density at radius 3 is 1.65 bits per heavy atom. The Labute approximate surface area is 120 Å². The number of benzene rings is 2. The Hall–Kier alpha value is -2.09. The van der Waals surface area contributed by atoms with Gasteiger partial charge in [0.2, 0.25) is 6.41 Å². The number of hydrogen-bond donors (Lipinski definition) is 1. The molecule has 0 aliphatic carbocycles. The largest absolute Gasteiger partial charge is 0.348 e. The van der Waals surface area contributed by atoms with Crippen LogP contribution < -0.4 is 5.32 Å². The lowest BCUT2D eigenvalue weighted by molar-refractivity contribution is -0.110. The van der Waals surface area contributed by atoms with Gasteiger partial charge in [-0.2, -0.15) is 0 Å². The van der Waals surface area contributed by atoms with Crippen LogP contribution in [0.1, 0.15) is 39.4 Å². The molecule has 2 aromatic carbocycles. The van der Waals surface area contributed by atoms with Crippen LogP contribution in [-0.2, 0) is 4.79 Å². The summed E-state index contributed by atoms with van der Waals surface area (Å²) in [5.74, 6) is 0. The van der Waals surface area contributed by atoms with E-state index in [-0.39, 0.29) is 6.04 Å². The van der Waals surface area contributed by atoms with Gasteiger partial charge in [0.1, 0.15) is 0 Å². The van der Waals surface area contributed by atoms with Crippen molar-refractivity contribution in [2.24, 2.45) is 0 Å². The zero-order chi connectivity index (χ0) is 14.7. The lowest BCUT2D eigenvalue weighted by Gasteiger charge is -2.22. The molecule has 0 unspecified atom stereocenters. The van der Waals surface area contributed by atoms with Gasteiger partial charge in [-0.3, -0.25) is 4.79 Å². The van der Waals surface area contributed by atoms with E-state index in [0.29, 0.717) is 0 Å². The number of nitrogens with one attached hydrogen (secondary N) is 1. The summed E-state index contributed by atoms with van der Waals surface area (Å²) in [5, 5.41) is 2.96. The first-order valence-electron chi connectivity index (χ1n) is 6.87. The fraction of sp³-hybridized carbons (Fsp3) is 0.278. The third-order valence-corrected chi connectivity index (χ3v) is 3.71. The van der Waals surface area contributed by atoms with Gasteiger partial charge in [0.25, 0.3) is 0 Å². The summed E-state index contributed by atoms with van der Waals surface area (Å²) in [6, 6.07) is 12.6. The van der Waals surface area contributed by atoms with Crippen LogP contribution in [-0.4, -0.2) is 6.41 Å². The SMILES string of the molecule is Cc1ccc(C(NC=O)c2ccc(C)cc2C)c(C)c1. The number of carbonyl (C=O) groups excluding carboxylic acids is 1. The van der Waals surface area contributed by atoms with E-state index in [9.17, 15) is 4.79 Å². The predicted molar refractivity (Wildman–Crippen MR) is 82.9 cm³/mol. The Morgan fingerprint density at radius 2 is 1.30 bits per heavy atom. The molecule has 2 heteroatoms. The van der Waals surface area contributed by atoms with Gasteiger partial charge in [-0.25, -0.2) is 0 Å². The summed E-state index contributed by atoms with van der Waals surface area (Å²) in [4.78, 5) is 11.0. The van der Waals surface area contributed by atoms with Crippen molar-refractivity contribution >= 4 is 6.41 Å². The Morgan fingerprint density at radius 1 is 0.850 bits per heavy atom. The van der Waals surface area contributed by atoms with Crippen LogP contribution in [0.5, 0.6) is 0 Å². The van der Waals surface area contributed by atoms with E-state index in [4.69, 9.17) is 0 Å². The van der Waals surface area contributed by atoms with Gasteiger partial charge in [-0.1, -0.05) is 47.5 Å². The Balaban J connectivity index is 2.52. The first-order valence-corrected chi connectivity index (χ1v) is 6.87. The summed E-state index contributed by atoms with van der Waals surface area (Å²) in [6.07, 6.45) is 0.781. The van der Waals surface area contributed by atoms with Crippen molar-refractivity contribution in [1.82, 2.24) is 5.32 Å². The highest BCUT2D eigenvalue weighted by Gasteiger charge is 2.17. The van der Waals surface area contributed by atoms with E-state index < -0.39 is 0 Å². The molecule has 1 amide bonds. The maximum Gasteiger partial charge on any atom is 0.207 e. The molecule has 0 saturated heterocycles. The first kappa shape index (κ1) is 14.3. The Kier molecular flexibility index (Phi) is 4.23. The maximum atomic E-state index is 11.0. The van der Waals surface area contributed by atoms with Crippen LogP contribution in [0, 0.1) is 27.7 Å². The molecule has 0 fully saturated rings. The number of rotatable bonds is 4.